The van der Waals surface area contributed by atoms with Crippen molar-refractivity contribution in [3.05, 3.63) is 70.3 Å². The molecule has 1 aromatic carbocycles. The molecule has 0 aliphatic rings. The van der Waals surface area contributed by atoms with Crippen LogP contribution in [0, 0.1) is 0 Å². The Morgan fingerprint density at radius 3 is 2.69 bits per heavy atom. The van der Waals surface area contributed by atoms with Crippen molar-refractivity contribution in [3.8, 4) is 11.3 Å². The Hall–Kier alpha value is -2.00. The Balaban J connectivity index is 0.00000300. The minimum absolute atomic E-state index is 0. The topological polar surface area (TPSA) is 62.2 Å². The van der Waals surface area contributed by atoms with E-state index < -0.39 is 0 Å². The zero-order valence-electron chi connectivity index (χ0n) is 17.1. The highest BCUT2D eigenvalue weighted by molar-refractivity contribution is 14.0. The van der Waals surface area contributed by atoms with Crippen LogP contribution in [-0.2, 0) is 13.1 Å². The Bertz CT molecular complexity index is 908. The predicted molar refractivity (Wildman–Crippen MR) is 133 cm³/mol. The molecule has 3 aromatic rings. The lowest BCUT2D eigenvalue weighted by Crippen LogP contribution is -2.36. The van der Waals surface area contributed by atoms with Crippen molar-refractivity contribution in [1.82, 2.24) is 20.6 Å². The molecule has 0 aliphatic carbocycles. The quantitative estimate of drug-likeness (QED) is 0.255. The molecule has 0 atom stereocenters. The van der Waals surface area contributed by atoms with Crippen LogP contribution in [0.2, 0.25) is 0 Å². The molecule has 2 heterocycles. The van der Waals surface area contributed by atoms with Crippen LogP contribution in [0.5, 0.6) is 0 Å². The number of nitrogens with zero attached hydrogens (tertiary/aromatic N) is 3. The second-order valence-electron chi connectivity index (χ2n) is 6.78. The van der Waals surface area contributed by atoms with Crippen LogP contribution in [0.3, 0.4) is 0 Å². The zero-order valence-corrected chi connectivity index (χ0v) is 20.2. The summed E-state index contributed by atoms with van der Waals surface area (Å²) in [7, 11) is 0. The Labute approximate surface area is 194 Å². The molecule has 0 amide bonds. The van der Waals surface area contributed by atoms with Crippen LogP contribution >= 0.6 is 35.3 Å². The maximum atomic E-state index is 4.73. The fourth-order valence-electron chi connectivity index (χ4n) is 2.71. The number of nitrogens with one attached hydrogen (secondary N) is 2. The molecule has 154 valence electrons. The number of guanidine groups is 1. The van der Waals surface area contributed by atoms with Gasteiger partial charge >= 0.3 is 0 Å². The van der Waals surface area contributed by atoms with Gasteiger partial charge in [-0.1, -0.05) is 38.1 Å². The third-order valence-corrected chi connectivity index (χ3v) is 5.09. The molecule has 29 heavy (non-hydrogen) atoms. The van der Waals surface area contributed by atoms with E-state index in [1.807, 2.05) is 24.4 Å². The van der Waals surface area contributed by atoms with Gasteiger partial charge in [0, 0.05) is 23.7 Å². The Morgan fingerprint density at radius 1 is 1.14 bits per heavy atom. The van der Waals surface area contributed by atoms with Gasteiger partial charge in [-0.2, -0.15) is 0 Å². The molecule has 0 radical (unpaired) electrons. The number of rotatable bonds is 7. The molecule has 0 saturated carbocycles. The van der Waals surface area contributed by atoms with Gasteiger partial charge in [-0.25, -0.2) is 9.98 Å². The predicted octanol–water partition coefficient (Wildman–Crippen LogP) is 5.20. The summed E-state index contributed by atoms with van der Waals surface area (Å²) in [4.78, 5) is 13.8. The first kappa shape index (κ1) is 23.3. The summed E-state index contributed by atoms with van der Waals surface area (Å²) in [5.41, 5.74) is 4.38. The first-order chi connectivity index (χ1) is 13.7. The Morgan fingerprint density at radius 2 is 2.00 bits per heavy atom. The van der Waals surface area contributed by atoms with E-state index in [1.165, 1.54) is 0 Å². The van der Waals surface area contributed by atoms with E-state index in [0.29, 0.717) is 19.0 Å². The van der Waals surface area contributed by atoms with Gasteiger partial charge in [0.1, 0.15) is 5.01 Å². The average molecular weight is 521 g/mol. The van der Waals surface area contributed by atoms with Gasteiger partial charge in [-0.05, 0) is 36.6 Å². The SMILES string of the molecule is CCNC(=NCc1cccc(-c2ccccn2)c1)NCc1nc(C(C)C)cs1.I. The van der Waals surface area contributed by atoms with Crippen LogP contribution in [0.15, 0.2) is 59.0 Å². The van der Waals surface area contributed by atoms with Crippen LogP contribution < -0.4 is 10.6 Å². The molecule has 0 unspecified atom stereocenters. The highest BCUT2D eigenvalue weighted by Gasteiger charge is 2.06. The van der Waals surface area contributed by atoms with E-state index >= 15 is 0 Å². The molecule has 0 saturated heterocycles. The van der Waals surface area contributed by atoms with Gasteiger partial charge in [0.05, 0.1) is 24.5 Å². The average Bonchev–Trinajstić information content (AvgIpc) is 3.20. The summed E-state index contributed by atoms with van der Waals surface area (Å²) >= 11 is 1.69. The Kier molecular flexibility index (Phi) is 9.53. The van der Waals surface area contributed by atoms with Crippen LogP contribution in [0.4, 0.5) is 0 Å². The zero-order chi connectivity index (χ0) is 19.8. The van der Waals surface area contributed by atoms with Crippen molar-refractivity contribution in [2.45, 2.75) is 39.8 Å². The molecular formula is C22H28IN5S. The number of aliphatic imine (C=N–C) groups is 1. The number of thiazole rings is 1. The van der Waals surface area contributed by atoms with E-state index in [-0.39, 0.29) is 24.0 Å². The number of pyridine rings is 1. The largest absolute Gasteiger partial charge is 0.357 e. The summed E-state index contributed by atoms with van der Waals surface area (Å²) in [6.07, 6.45) is 1.82. The minimum Gasteiger partial charge on any atom is -0.357 e. The smallest absolute Gasteiger partial charge is 0.191 e. The number of halogens is 1. The second kappa shape index (κ2) is 11.9. The molecule has 5 nitrogen and oxygen atoms in total. The molecule has 2 aromatic heterocycles. The normalized spacial score (nSPS) is 11.2. The van der Waals surface area contributed by atoms with Crippen molar-refractivity contribution >= 4 is 41.3 Å². The van der Waals surface area contributed by atoms with Gasteiger partial charge in [-0.15, -0.1) is 35.3 Å². The highest BCUT2D eigenvalue weighted by atomic mass is 127. The molecule has 0 aliphatic heterocycles. The van der Waals surface area contributed by atoms with Crippen LogP contribution in [0.25, 0.3) is 11.3 Å². The van der Waals surface area contributed by atoms with E-state index in [1.54, 1.807) is 11.3 Å². The lowest BCUT2D eigenvalue weighted by molar-refractivity contribution is 0.788. The van der Waals surface area contributed by atoms with E-state index in [2.05, 4.69) is 71.0 Å². The van der Waals surface area contributed by atoms with E-state index in [4.69, 9.17) is 4.99 Å². The number of hydrogen-bond acceptors (Lipinski definition) is 4. The molecule has 0 fully saturated rings. The monoisotopic (exact) mass is 521 g/mol. The molecule has 0 bridgehead atoms. The lowest BCUT2D eigenvalue weighted by atomic mass is 10.1. The molecule has 2 N–H and O–H groups in total. The van der Waals surface area contributed by atoms with Crippen molar-refractivity contribution < 1.29 is 0 Å². The van der Waals surface area contributed by atoms with E-state index in [0.717, 1.165) is 40.0 Å². The van der Waals surface area contributed by atoms with Gasteiger partial charge in [0.25, 0.3) is 0 Å². The van der Waals surface area contributed by atoms with Crippen molar-refractivity contribution in [3.63, 3.8) is 0 Å². The number of benzene rings is 1. The minimum atomic E-state index is 0. The summed E-state index contributed by atoms with van der Waals surface area (Å²) in [5, 5.41) is 9.89. The van der Waals surface area contributed by atoms with E-state index in [9.17, 15) is 0 Å². The lowest BCUT2D eigenvalue weighted by Gasteiger charge is -2.10. The van der Waals surface area contributed by atoms with Crippen molar-refractivity contribution in [1.29, 1.82) is 0 Å². The number of aromatic nitrogens is 2. The fourth-order valence-corrected chi connectivity index (χ4v) is 3.60. The first-order valence-corrected chi connectivity index (χ1v) is 10.5. The summed E-state index contributed by atoms with van der Waals surface area (Å²) in [6.45, 7) is 8.49. The third-order valence-electron chi connectivity index (χ3n) is 4.22. The van der Waals surface area contributed by atoms with Gasteiger partial charge in [-0.3, -0.25) is 4.98 Å². The van der Waals surface area contributed by atoms with Crippen molar-refractivity contribution in [2.24, 2.45) is 4.99 Å². The fraction of sp³-hybridized carbons (Fsp3) is 0.318. The summed E-state index contributed by atoms with van der Waals surface area (Å²) in [5.74, 6) is 1.25. The molecular weight excluding hydrogens is 493 g/mol. The summed E-state index contributed by atoms with van der Waals surface area (Å²) in [6, 6.07) is 14.3. The second-order valence-corrected chi connectivity index (χ2v) is 7.73. The third kappa shape index (κ3) is 7.08. The highest BCUT2D eigenvalue weighted by Crippen LogP contribution is 2.19. The van der Waals surface area contributed by atoms with Gasteiger partial charge in [0.2, 0.25) is 0 Å². The van der Waals surface area contributed by atoms with Crippen LogP contribution in [0.1, 0.15) is 43.0 Å². The number of hydrogen-bond donors (Lipinski definition) is 2. The first-order valence-electron chi connectivity index (χ1n) is 9.62. The maximum Gasteiger partial charge on any atom is 0.191 e. The molecule has 3 rings (SSSR count). The van der Waals surface area contributed by atoms with Gasteiger partial charge in [0.15, 0.2) is 5.96 Å². The summed E-state index contributed by atoms with van der Waals surface area (Å²) < 4.78 is 0. The maximum absolute atomic E-state index is 4.73. The molecule has 7 heteroatoms. The van der Waals surface area contributed by atoms with Crippen molar-refractivity contribution in [2.75, 3.05) is 6.54 Å². The standard InChI is InChI=1S/C22H27N5S.HI/c1-4-23-22(26-14-21-27-20(15-28-21)16(2)3)25-13-17-8-7-9-18(12-17)19-10-5-6-11-24-19;/h5-12,15-16H,4,13-14H2,1-3H3,(H2,23,25,26);1H. The van der Waals surface area contributed by atoms with Crippen LogP contribution in [-0.4, -0.2) is 22.5 Å². The molecule has 0 spiro atoms. The van der Waals surface area contributed by atoms with Gasteiger partial charge < -0.3 is 10.6 Å².